The minimum absolute atomic E-state index is 0.286. The first-order valence-electron chi connectivity index (χ1n) is 8.17. The fourth-order valence-electron chi connectivity index (χ4n) is 3.46. The summed E-state index contributed by atoms with van der Waals surface area (Å²) >= 11 is 0. The standard InChI is InChI=1S/C17H21N5O2/c1-23-12-8-10-11(9-13(12)24-2)19-15-14(10)16(21-17(18)20-15)22-6-4-3-5-7-22/h8-9H,3-7H2,1-2H3,(H3,18,19,20,21). The molecule has 3 aromatic rings. The first kappa shape index (κ1) is 14.9. The SMILES string of the molecule is COc1cc2[nH]c3nc(N)nc(N4CCCCC4)c3c2cc1OC. The summed E-state index contributed by atoms with van der Waals surface area (Å²) < 4.78 is 10.8. The molecule has 0 bridgehead atoms. The number of hydrogen-bond acceptors (Lipinski definition) is 6. The van der Waals surface area contributed by atoms with Gasteiger partial charge < -0.3 is 25.1 Å². The van der Waals surface area contributed by atoms with Gasteiger partial charge in [-0.25, -0.2) is 0 Å². The lowest BCUT2D eigenvalue weighted by atomic mass is 10.1. The molecule has 3 heterocycles. The summed E-state index contributed by atoms with van der Waals surface area (Å²) in [6.07, 6.45) is 3.61. The zero-order valence-electron chi connectivity index (χ0n) is 13.9. The Hall–Kier alpha value is -2.70. The Morgan fingerprint density at radius 2 is 1.75 bits per heavy atom. The summed E-state index contributed by atoms with van der Waals surface area (Å²) in [5.74, 6) is 2.55. The molecular formula is C17H21N5O2. The molecule has 0 saturated carbocycles. The smallest absolute Gasteiger partial charge is 0.223 e. The number of nitrogen functional groups attached to an aromatic ring is 1. The number of piperidine rings is 1. The van der Waals surface area contributed by atoms with Crippen LogP contribution in [0.5, 0.6) is 11.5 Å². The molecule has 1 saturated heterocycles. The first-order valence-corrected chi connectivity index (χ1v) is 8.17. The lowest BCUT2D eigenvalue weighted by Crippen LogP contribution is -2.30. The lowest BCUT2D eigenvalue weighted by molar-refractivity contribution is 0.356. The second kappa shape index (κ2) is 5.74. The van der Waals surface area contributed by atoms with E-state index in [1.165, 1.54) is 19.3 Å². The molecule has 0 aliphatic carbocycles. The second-order valence-corrected chi connectivity index (χ2v) is 6.05. The van der Waals surface area contributed by atoms with Gasteiger partial charge in [0.2, 0.25) is 5.95 Å². The number of aromatic amines is 1. The fraction of sp³-hybridized carbons (Fsp3) is 0.412. The predicted molar refractivity (Wildman–Crippen MR) is 95.0 cm³/mol. The van der Waals surface area contributed by atoms with Crippen molar-refractivity contribution in [3.05, 3.63) is 12.1 Å². The third-order valence-corrected chi connectivity index (χ3v) is 4.61. The van der Waals surface area contributed by atoms with E-state index in [9.17, 15) is 0 Å². The van der Waals surface area contributed by atoms with Crippen molar-refractivity contribution in [2.45, 2.75) is 19.3 Å². The third-order valence-electron chi connectivity index (χ3n) is 4.61. The lowest BCUT2D eigenvalue weighted by Gasteiger charge is -2.28. The highest BCUT2D eigenvalue weighted by Crippen LogP contribution is 2.39. The van der Waals surface area contributed by atoms with Crippen LogP contribution in [0.2, 0.25) is 0 Å². The van der Waals surface area contributed by atoms with Gasteiger partial charge >= 0.3 is 0 Å². The van der Waals surface area contributed by atoms with E-state index in [4.69, 9.17) is 15.2 Å². The van der Waals surface area contributed by atoms with Crippen LogP contribution in [0, 0.1) is 0 Å². The van der Waals surface area contributed by atoms with Crippen molar-refractivity contribution in [2.75, 3.05) is 37.9 Å². The van der Waals surface area contributed by atoms with E-state index in [0.717, 1.165) is 40.8 Å². The maximum Gasteiger partial charge on any atom is 0.223 e. The Bertz CT molecular complexity index is 899. The Balaban J connectivity index is 2.00. The Morgan fingerprint density at radius 3 is 2.46 bits per heavy atom. The number of anilines is 2. The highest BCUT2D eigenvalue weighted by atomic mass is 16.5. The highest BCUT2D eigenvalue weighted by Gasteiger charge is 2.21. The van der Waals surface area contributed by atoms with Gasteiger partial charge in [0.25, 0.3) is 0 Å². The molecule has 1 aliphatic rings. The van der Waals surface area contributed by atoms with E-state index in [2.05, 4.69) is 19.9 Å². The largest absolute Gasteiger partial charge is 0.493 e. The van der Waals surface area contributed by atoms with E-state index >= 15 is 0 Å². The van der Waals surface area contributed by atoms with E-state index in [1.54, 1.807) is 14.2 Å². The zero-order valence-corrected chi connectivity index (χ0v) is 13.9. The molecule has 3 N–H and O–H groups in total. The summed E-state index contributed by atoms with van der Waals surface area (Å²) in [5.41, 5.74) is 7.62. The maximum absolute atomic E-state index is 5.95. The van der Waals surface area contributed by atoms with Gasteiger partial charge in [-0.3, -0.25) is 0 Å². The summed E-state index contributed by atoms with van der Waals surface area (Å²) in [7, 11) is 3.27. The number of rotatable bonds is 3. The second-order valence-electron chi connectivity index (χ2n) is 6.05. The Morgan fingerprint density at radius 1 is 1.04 bits per heavy atom. The van der Waals surface area contributed by atoms with Crippen molar-refractivity contribution in [1.29, 1.82) is 0 Å². The van der Waals surface area contributed by atoms with Gasteiger partial charge in [-0.2, -0.15) is 9.97 Å². The van der Waals surface area contributed by atoms with Crippen molar-refractivity contribution < 1.29 is 9.47 Å². The quantitative estimate of drug-likeness (QED) is 0.769. The molecule has 2 aromatic heterocycles. The van der Waals surface area contributed by atoms with Gasteiger partial charge in [0, 0.05) is 24.5 Å². The number of H-pyrrole nitrogens is 1. The number of hydrogen-bond donors (Lipinski definition) is 2. The zero-order chi connectivity index (χ0) is 16.7. The predicted octanol–water partition coefficient (Wildman–Crippen LogP) is 2.70. The van der Waals surface area contributed by atoms with Crippen LogP contribution < -0.4 is 20.1 Å². The van der Waals surface area contributed by atoms with Crippen LogP contribution in [-0.4, -0.2) is 42.3 Å². The molecule has 24 heavy (non-hydrogen) atoms. The highest BCUT2D eigenvalue weighted by molar-refractivity contribution is 6.12. The molecule has 7 nitrogen and oxygen atoms in total. The van der Waals surface area contributed by atoms with Crippen LogP contribution in [0.3, 0.4) is 0 Å². The fourth-order valence-corrected chi connectivity index (χ4v) is 3.46. The average Bonchev–Trinajstić information content (AvgIpc) is 2.97. The topological polar surface area (TPSA) is 89.3 Å². The monoisotopic (exact) mass is 327 g/mol. The number of nitrogens with two attached hydrogens (primary N) is 1. The minimum Gasteiger partial charge on any atom is -0.493 e. The summed E-state index contributed by atoms with van der Waals surface area (Å²) in [4.78, 5) is 14.6. The molecule has 1 aliphatic heterocycles. The van der Waals surface area contributed by atoms with Gasteiger partial charge in [0.1, 0.15) is 11.5 Å². The maximum atomic E-state index is 5.95. The van der Waals surface area contributed by atoms with Crippen LogP contribution in [0.15, 0.2) is 12.1 Å². The molecule has 0 amide bonds. The molecule has 0 unspecified atom stereocenters. The summed E-state index contributed by atoms with van der Waals surface area (Å²) in [5, 5.41) is 2.00. The average molecular weight is 327 g/mol. The number of nitrogens with one attached hydrogen (secondary N) is 1. The molecule has 1 fully saturated rings. The van der Waals surface area contributed by atoms with E-state index in [-0.39, 0.29) is 5.95 Å². The molecule has 0 spiro atoms. The summed E-state index contributed by atoms with van der Waals surface area (Å²) in [6.45, 7) is 1.98. The number of methoxy groups -OCH3 is 2. The van der Waals surface area contributed by atoms with Crippen LogP contribution in [0.4, 0.5) is 11.8 Å². The Kier molecular flexibility index (Phi) is 3.55. The van der Waals surface area contributed by atoms with Gasteiger partial charge in [-0.15, -0.1) is 0 Å². The Labute approximate surface area is 139 Å². The van der Waals surface area contributed by atoms with Gasteiger partial charge in [-0.1, -0.05) is 0 Å². The number of ether oxygens (including phenoxy) is 2. The van der Waals surface area contributed by atoms with Crippen LogP contribution in [0.1, 0.15) is 19.3 Å². The van der Waals surface area contributed by atoms with E-state index in [1.807, 2.05) is 12.1 Å². The van der Waals surface area contributed by atoms with Crippen molar-refractivity contribution in [2.24, 2.45) is 0 Å². The molecule has 126 valence electrons. The van der Waals surface area contributed by atoms with Crippen molar-refractivity contribution in [3.8, 4) is 11.5 Å². The molecular weight excluding hydrogens is 306 g/mol. The molecule has 4 rings (SSSR count). The normalized spacial score (nSPS) is 15.2. The van der Waals surface area contributed by atoms with Gasteiger partial charge in [-0.05, 0) is 25.3 Å². The first-order chi connectivity index (χ1) is 11.7. The molecule has 1 aromatic carbocycles. The molecule has 0 radical (unpaired) electrons. The van der Waals surface area contributed by atoms with Crippen LogP contribution in [-0.2, 0) is 0 Å². The van der Waals surface area contributed by atoms with Crippen molar-refractivity contribution in [1.82, 2.24) is 15.0 Å². The van der Waals surface area contributed by atoms with Crippen molar-refractivity contribution >= 4 is 33.7 Å². The van der Waals surface area contributed by atoms with Crippen LogP contribution in [0.25, 0.3) is 21.9 Å². The minimum atomic E-state index is 0.286. The van der Waals surface area contributed by atoms with Gasteiger partial charge in [0.15, 0.2) is 11.5 Å². The van der Waals surface area contributed by atoms with E-state index < -0.39 is 0 Å². The summed E-state index contributed by atoms with van der Waals surface area (Å²) in [6, 6.07) is 3.89. The number of fused-ring (bicyclic) bond motifs is 3. The number of nitrogens with zero attached hydrogens (tertiary/aromatic N) is 3. The number of aromatic nitrogens is 3. The van der Waals surface area contributed by atoms with E-state index in [0.29, 0.717) is 11.5 Å². The van der Waals surface area contributed by atoms with Crippen molar-refractivity contribution in [3.63, 3.8) is 0 Å². The molecule has 0 atom stereocenters. The molecule has 7 heteroatoms. The van der Waals surface area contributed by atoms with Crippen LogP contribution >= 0.6 is 0 Å². The van der Waals surface area contributed by atoms with Gasteiger partial charge in [0.05, 0.1) is 25.1 Å². The number of benzene rings is 1. The third kappa shape index (κ3) is 2.28.